The lowest BCUT2D eigenvalue weighted by atomic mass is 9.77. The summed E-state index contributed by atoms with van der Waals surface area (Å²) >= 11 is 0. The molecule has 0 aromatic heterocycles. The van der Waals surface area contributed by atoms with E-state index in [0.29, 0.717) is 5.75 Å². The molecule has 114 valence electrons. The van der Waals surface area contributed by atoms with Gasteiger partial charge in [-0.1, -0.05) is 6.92 Å². The van der Waals surface area contributed by atoms with Gasteiger partial charge in [-0.05, 0) is 64.6 Å². The SMILES string of the molecule is CCC1(CO)CCN(CCCS(=O)(=O)C(C)C)CC1. The lowest BCUT2D eigenvalue weighted by molar-refractivity contribution is 0.0411. The van der Waals surface area contributed by atoms with Crippen LogP contribution < -0.4 is 0 Å². The van der Waals surface area contributed by atoms with Crippen molar-refractivity contribution in [3.8, 4) is 0 Å². The Hall–Kier alpha value is -0.130. The Morgan fingerprint density at radius 2 is 1.84 bits per heavy atom. The van der Waals surface area contributed by atoms with Gasteiger partial charge in [0.15, 0.2) is 9.84 Å². The van der Waals surface area contributed by atoms with Crippen molar-refractivity contribution in [1.29, 1.82) is 0 Å². The molecule has 1 aliphatic heterocycles. The van der Waals surface area contributed by atoms with Crippen molar-refractivity contribution in [2.75, 3.05) is 32.0 Å². The van der Waals surface area contributed by atoms with Gasteiger partial charge in [0, 0.05) is 6.61 Å². The smallest absolute Gasteiger partial charge is 0.152 e. The largest absolute Gasteiger partial charge is 0.396 e. The maximum absolute atomic E-state index is 11.7. The molecule has 5 heteroatoms. The first-order valence-electron chi connectivity index (χ1n) is 7.40. The van der Waals surface area contributed by atoms with Crippen LogP contribution in [0.5, 0.6) is 0 Å². The number of likely N-dealkylation sites (tertiary alicyclic amines) is 1. The van der Waals surface area contributed by atoms with E-state index in [9.17, 15) is 13.5 Å². The van der Waals surface area contributed by atoms with Crippen LogP contribution in [0.2, 0.25) is 0 Å². The van der Waals surface area contributed by atoms with Crippen LogP contribution in [-0.4, -0.2) is 55.7 Å². The summed E-state index contributed by atoms with van der Waals surface area (Å²) in [6.45, 7) is 8.73. The highest BCUT2D eigenvalue weighted by Gasteiger charge is 2.32. The fraction of sp³-hybridized carbons (Fsp3) is 1.00. The topological polar surface area (TPSA) is 57.6 Å². The number of piperidine rings is 1. The van der Waals surface area contributed by atoms with Gasteiger partial charge in [-0.3, -0.25) is 0 Å². The minimum Gasteiger partial charge on any atom is -0.396 e. The molecule has 0 atom stereocenters. The van der Waals surface area contributed by atoms with Gasteiger partial charge in [0.1, 0.15) is 0 Å². The van der Waals surface area contributed by atoms with Crippen LogP contribution in [0.15, 0.2) is 0 Å². The standard InChI is InChI=1S/C14H29NO3S/c1-4-14(12-16)6-9-15(10-7-14)8-5-11-19(17,18)13(2)3/h13,16H,4-12H2,1-3H3. The molecule has 0 aromatic rings. The van der Waals surface area contributed by atoms with Crippen LogP contribution in [0.4, 0.5) is 0 Å². The van der Waals surface area contributed by atoms with Gasteiger partial charge in [-0.15, -0.1) is 0 Å². The summed E-state index contributed by atoms with van der Waals surface area (Å²) in [6, 6.07) is 0. The molecule has 1 N–H and O–H groups in total. The fourth-order valence-corrected chi connectivity index (χ4v) is 3.60. The van der Waals surface area contributed by atoms with E-state index in [0.717, 1.165) is 45.3 Å². The third-order valence-corrected chi connectivity index (χ3v) is 6.92. The predicted octanol–water partition coefficient (Wildman–Crippen LogP) is 1.68. The molecule has 0 spiro atoms. The number of hydrogen-bond acceptors (Lipinski definition) is 4. The maximum Gasteiger partial charge on any atom is 0.152 e. The first-order valence-corrected chi connectivity index (χ1v) is 9.11. The van der Waals surface area contributed by atoms with Crippen molar-refractivity contribution < 1.29 is 13.5 Å². The molecule has 19 heavy (non-hydrogen) atoms. The number of aliphatic hydroxyl groups excluding tert-OH is 1. The minimum atomic E-state index is -2.90. The van der Waals surface area contributed by atoms with Crippen molar-refractivity contribution in [3.63, 3.8) is 0 Å². The van der Waals surface area contributed by atoms with Crippen molar-refractivity contribution >= 4 is 9.84 Å². The van der Waals surface area contributed by atoms with Gasteiger partial charge >= 0.3 is 0 Å². The van der Waals surface area contributed by atoms with Gasteiger partial charge < -0.3 is 10.0 Å². The molecular formula is C14H29NO3S. The Balaban J connectivity index is 2.31. The first kappa shape index (κ1) is 16.9. The van der Waals surface area contributed by atoms with Crippen LogP contribution in [0.25, 0.3) is 0 Å². The van der Waals surface area contributed by atoms with Gasteiger partial charge in [0.05, 0.1) is 11.0 Å². The molecule has 0 amide bonds. The Morgan fingerprint density at radius 3 is 2.26 bits per heavy atom. The van der Waals surface area contributed by atoms with Crippen molar-refractivity contribution in [2.45, 2.75) is 51.7 Å². The molecule has 0 aromatic carbocycles. The molecule has 1 fully saturated rings. The molecule has 0 unspecified atom stereocenters. The van der Waals surface area contributed by atoms with Gasteiger partial charge in [-0.2, -0.15) is 0 Å². The molecule has 1 aliphatic rings. The van der Waals surface area contributed by atoms with E-state index < -0.39 is 9.84 Å². The van der Waals surface area contributed by atoms with Crippen molar-refractivity contribution in [3.05, 3.63) is 0 Å². The Bertz CT molecular complexity index is 351. The molecule has 1 heterocycles. The van der Waals surface area contributed by atoms with E-state index in [4.69, 9.17) is 0 Å². The zero-order valence-electron chi connectivity index (χ0n) is 12.6. The second-order valence-corrected chi connectivity index (χ2v) is 8.80. The van der Waals surface area contributed by atoms with Crippen molar-refractivity contribution in [1.82, 2.24) is 4.90 Å². The monoisotopic (exact) mass is 291 g/mol. The number of aliphatic hydroxyl groups is 1. The summed E-state index contributed by atoms with van der Waals surface area (Å²) in [5.74, 6) is 0.292. The molecule has 0 radical (unpaired) electrons. The van der Waals surface area contributed by atoms with Gasteiger partial charge in [-0.25, -0.2) is 8.42 Å². The summed E-state index contributed by atoms with van der Waals surface area (Å²) in [5, 5.41) is 9.21. The average Bonchev–Trinajstić information content (AvgIpc) is 2.39. The zero-order valence-corrected chi connectivity index (χ0v) is 13.4. The highest BCUT2D eigenvalue weighted by molar-refractivity contribution is 7.91. The summed E-state index contributed by atoms with van der Waals surface area (Å²) in [5.41, 5.74) is 0.112. The Morgan fingerprint density at radius 1 is 1.26 bits per heavy atom. The maximum atomic E-state index is 11.7. The first-order chi connectivity index (χ1) is 8.85. The van der Waals surface area contributed by atoms with E-state index in [1.54, 1.807) is 13.8 Å². The predicted molar refractivity (Wildman–Crippen MR) is 79.0 cm³/mol. The minimum absolute atomic E-state index is 0.112. The van der Waals surface area contributed by atoms with Crippen LogP contribution in [0.1, 0.15) is 46.5 Å². The quantitative estimate of drug-likeness (QED) is 0.775. The van der Waals surface area contributed by atoms with Gasteiger partial charge in [0.25, 0.3) is 0 Å². The number of hydrogen-bond donors (Lipinski definition) is 1. The summed E-state index contributed by atoms with van der Waals surface area (Å²) in [4.78, 5) is 2.33. The number of nitrogens with zero attached hydrogens (tertiary/aromatic N) is 1. The van der Waals surface area contributed by atoms with E-state index in [2.05, 4.69) is 11.8 Å². The third kappa shape index (κ3) is 4.72. The van der Waals surface area contributed by atoms with E-state index in [1.165, 1.54) is 0 Å². The average molecular weight is 291 g/mol. The Labute approximate surface area is 118 Å². The highest BCUT2D eigenvalue weighted by Crippen LogP contribution is 2.34. The Kier molecular flexibility index (Phi) is 6.27. The normalized spacial score (nSPS) is 20.9. The molecular weight excluding hydrogens is 262 g/mol. The number of sulfone groups is 1. The number of rotatable bonds is 7. The van der Waals surface area contributed by atoms with E-state index in [-0.39, 0.29) is 17.3 Å². The lowest BCUT2D eigenvalue weighted by Gasteiger charge is -2.40. The summed E-state index contributed by atoms with van der Waals surface area (Å²) in [6.07, 6.45) is 3.80. The fourth-order valence-electron chi connectivity index (χ4n) is 2.60. The molecule has 0 bridgehead atoms. The summed E-state index contributed by atoms with van der Waals surface area (Å²) < 4.78 is 23.4. The van der Waals surface area contributed by atoms with Crippen LogP contribution in [0.3, 0.4) is 0 Å². The molecule has 1 saturated heterocycles. The molecule has 0 aliphatic carbocycles. The van der Waals surface area contributed by atoms with E-state index in [1.807, 2.05) is 0 Å². The molecule has 1 rings (SSSR count). The molecule has 0 saturated carbocycles. The van der Waals surface area contributed by atoms with Gasteiger partial charge in [0.2, 0.25) is 0 Å². The van der Waals surface area contributed by atoms with Crippen LogP contribution in [0, 0.1) is 5.41 Å². The van der Waals surface area contributed by atoms with Crippen LogP contribution >= 0.6 is 0 Å². The highest BCUT2D eigenvalue weighted by atomic mass is 32.2. The van der Waals surface area contributed by atoms with E-state index >= 15 is 0 Å². The van der Waals surface area contributed by atoms with Crippen LogP contribution in [-0.2, 0) is 9.84 Å². The molecule has 4 nitrogen and oxygen atoms in total. The third-order valence-electron chi connectivity index (χ3n) is 4.62. The second kappa shape index (κ2) is 7.04. The summed E-state index contributed by atoms with van der Waals surface area (Å²) in [7, 11) is -2.90. The van der Waals surface area contributed by atoms with Crippen molar-refractivity contribution in [2.24, 2.45) is 5.41 Å². The lowest BCUT2D eigenvalue weighted by Crippen LogP contribution is -2.42. The zero-order chi connectivity index (χ0) is 14.5. The second-order valence-electron chi connectivity index (χ2n) is 6.12.